The van der Waals surface area contributed by atoms with Crippen LogP contribution in [0.5, 0.6) is 0 Å². The predicted molar refractivity (Wildman–Crippen MR) is 75.9 cm³/mol. The number of hydrogen-bond acceptors (Lipinski definition) is 10. The Labute approximate surface area is 187 Å². The van der Waals surface area contributed by atoms with Crippen LogP contribution in [-0.4, -0.2) is 39.2 Å². The molecular formula is C11H13N6Na2O5P. The number of aromatic nitrogens is 4. The van der Waals surface area contributed by atoms with Crippen molar-refractivity contribution in [2.75, 3.05) is 24.4 Å². The van der Waals surface area contributed by atoms with Crippen LogP contribution in [-0.2, 0) is 14.0 Å². The molecule has 0 aromatic carbocycles. The monoisotopic (exact) mass is 386 g/mol. The number of nitrogens with one attached hydrogen (secondary N) is 1. The van der Waals surface area contributed by atoms with E-state index in [4.69, 9.17) is 15.2 Å². The number of nitrogens with two attached hydrogens (primary N) is 1. The first-order valence-corrected chi connectivity index (χ1v) is 8.24. The second kappa shape index (κ2) is 9.25. The van der Waals surface area contributed by atoms with Gasteiger partial charge in [-0.1, -0.05) is 0 Å². The molecule has 0 saturated carbocycles. The molecule has 11 nitrogen and oxygen atoms in total. The molecule has 0 bridgehead atoms. The molecule has 0 radical (unpaired) electrons. The van der Waals surface area contributed by atoms with Gasteiger partial charge in [0.2, 0.25) is 5.95 Å². The van der Waals surface area contributed by atoms with Crippen LogP contribution in [0.3, 0.4) is 0 Å². The summed E-state index contributed by atoms with van der Waals surface area (Å²) < 4.78 is 22.5. The summed E-state index contributed by atoms with van der Waals surface area (Å²) in [4.78, 5) is 33.6. The third kappa shape index (κ3) is 5.47. The van der Waals surface area contributed by atoms with Crippen LogP contribution >= 0.6 is 7.60 Å². The Bertz CT molecular complexity index is 812. The van der Waals surface area contributed by atoms with Gasteiger partial charge >= 0.3 is 59.1 Å². The first-order chi connectivity index (χ1) is 10.9. The van der Waals surface area contributed by atoms with Crippen molar-refractivity contribution in [2.24, 2.45) is 0 Å². The van der Waals surface area contributed by atoms with Gasteiger partial charge in [-0.2, -0.15) is 9.97 Å². The van der Waals surface area contributed by atoms with Gasteiger partial charge in [-0.3, -0.25) is 4.57 Å². The van der Waals surface area contributed by atoms with Gasteiger partial charge in [0.05, 0.1) is 12.7 Å². The maximum atomic E-state index is 10.6. The number of rotatable bonds is 5. The minimum absolute atomic E-state index is 0. The molecule has 0 unspecified atom stereocenters. The smallest absolute Gasteiger partial charge is 0.809 e. The van der Waals surface area contributed by atoms with E-state index in [-0.39, 0.29) is 64.9 Å². The Morgan fingerprint density at radius 1 is 1.40 bits per heavy atom. The molecule has 0 amide bonds. The minimum atomic E-state index is -4.76. The average molecular weight is 386 g/mol. The van der Waals surface area contributed by atoms with E-state index < -0.39 is 26.5 Å². The van der Waals surface area contributed by atoms with E-state index in [9.17, 15) is 14.4 Å². The second-order valence-electron chi connectivity index (χ2n) is 4.69. The summed E-state index contributed by atoms with van der Waals surface area (Å²) in [5.41, 5.74) is 6.67. The van der Waals surface area contributed by atoms with E-state index >= 15 is 0 Å². The molecule has 0 spiro atoms. The van der Waals surface area contributed by atoms with E-state index in [1.165, 1.54) is 12.4 Å². The summed E-state index contributed by atoms with van der Waals surface area (Å²) in [5, 5.41) is 2.79. The number of nitrogens with zero attached hydrogens (tertiary/aromatic N) is 4. The van der Waals surface area contributed by atoms with Crippen LogP contribution in [0.25, 0.3) is 11.2 Å². The second-order valence-corrected chi connectivity index (χ2v) is 6.17. The van der Waals surface area contributed by atoms with E-state index in [1.807, 2.05) is 0 Å². The fraction of sp³-hybridized carbons (Fsp3) is 0.364. The molecule has 3 heterocycles. The topological polar surface area (TPSA) is 163 Å². The Morgan fingerprint density at radius 3 is 2.76 bits per heavy atom. The molecule has 0 fully saturated rings. The number of anilines is 2. The molecule has 3 N–H and O–H groups in total. The number of ether oxygens (including phenoxy) is 2. The molecule has 1 aliphatic heterocycles. The van der Waals surface area contributed by atoms with Crippen LogP contribution in [0.2, 0.25) is 0 Å². The van der Waals surface area contributed by atoms with Crippen molar-refractivity contribution in [3.8, 4) is 0 Å². The maximum Gasteiger partial charge on any atom is 1.00 e. The zero-order valence-electron chi connectivity index (χ0n) is 13.9. The van der Waals surface area contributed by atoms with Crippen molar-refractivity contribution < 1.29 is 82.9 Å². The van der Waals surface area contributed by atoms with Crippen LogP contribution < -0.4 is 80.0 Å². The molecule has 2 aromatic rings. The summed E-state index contributed by atoms with van der Waals surface area (Å²) in [6.45, 7) is 0. The van der Waals surface area contributed by atoms with Gasteiger partial charge in [0.1, 0.15) is 5.52 Å². The van der Waals surface area contributed by atoms with Gasteiger partial charge < -0.3 is 34.9 Å². The Balaban J connectivity index is 0.00000156. The maximum absolute atomic E-state index is 10.6. The van der Waals surface area contributed by atoms with Gasteiger partial charge in [0, 0.05) is 7.05 Å². The molecule has 2 atom stereocenters. The quantitative estimate of drug-likeness (QED) is 0.287. The van der Waals surface area contributed by atoms with Crippen molar-refractivity contribution in [1.29, 1.82) is 0 Å². The Hall–Kier alpha value is -0.0400. The van der Waals surface area contributed by atoms with E-state index in [2.05, 4.69) is 20.3 Å². The molecule has 25 heavy (non-hydrogen) atoms. The van der Waals surface area contributed by atoms with Gasteiger partial charge in [0.25, 0.3) is 0 Å². The molecule has 2 aromatic heterocycles. The van der Waals surface area contributed by atoms with Crippen molar-refractivity contribution in [3.05, 3.63) is 18.5 Å². The number of imidazole rings is 1. The minimum Gasteiger partial charge on any atom is -0.809 e. The molecule has 1 aliphatic rings. The molecule has 0 aliphatic carbocycles. The van der Waals surface area contributed by atoms with Gasteiger partial charge in [-0.25, -0.2) is 4.98 Å². The summed E-state index contributed by atoms with van der Waals surface area (Å²) in [6, 6.07) is 0. The molecule has 124 valence electrons. The van der Waals surface area contributed by atoms with E-state index in [1.54, 1.807) is 17.7 Å². The van der Waals surface area contributed by atoms with Crippen molar-refractivity contribution in [1.82, 2.24) is 19.5 Å². The number of hydrogen-bond donors (Lipinski definition) is 2. The fourth-order valence-electron chi connectivity index (χ4n) is 2.07. The fourth-order valence-corrected chi connectivity index (χ4v) is 2.40. The first kappa shape index (κ1) is 23.0. The summed E-state index contributed by atoms with van der Waals surface area (Å²) >= 11 is 0. The zero-order chi connectivity index (χ0) is 16.6. The molecule has 3 rings (SSSR count). The third-order valence-electron chi connectivity index (χ3n) is 3.05. The summed E-state index contributed by atoms with van der Waals surface area (Å²) in [5.74, 6) is 0.539. The summed E-state index contributed by atoms with van der Waals surface area (Å²) in [6.07, 6.45) is 2.08. The third-order valence-corrected chi connectivity index (χ3v) is 3.51. The van der Waals surface area contributed by atoms with Gasteiger partial charge in [0.15, 0.2) is 24.0 Å². The molecule has 14 heteroatoms. The standard InChI is InChI=1S/C11H15N6O5P.2Na/c1-13-11-15-9(12)8-10(16-11)17(4-14-8)6-2-3-7(22-6)21-5-23(18,19)20;;/h2-4,6-7H,5H2,1H3,(H2,18,19,20)(H3,12,13,15,16);;/q;2*+1/p-2/t6-,7+;;/m1../s1. The largest absolute Gasteiger partial charge is 1.00 e. The van der Waals surface area contributed by atoms with Crippen molar-refractivity contribution >= 4 is 30.5 Å². The Morgan fingerprint density at radius 2 is 2.12 bits per heavy atom. The van der Waals surface area contributed by atoms with Crippen LogP contribution in [0, 0.1) is 0 Å². The number of nitrogen functional groups attached to an aromatic ring is 1. The van der Waals surface area contributed by atoms with Gasteiger partial charge in [-0.05, 0) is 19.7 Å². The van der Waals surface area contributed by atoms with Crippen molar-refractivity contribution in [2.45, 2.75) is 12.5 Å². The van der Waals surface area contributed by atoms with E-state index in [0.29, 0.717) is 17.1 Å². The first-order valence-electron chi connectivity index (χ1n) is 6.51. The van der Waals surface area contributed by atoms with Crippen molar-refractivity contribution in [3.63, 3.8) is 0 Å². The summed E-state index contributed by atoms with van der Waals surface area (Å²) in [7, 11) is -3.10. The zero-order valence-corrected chi connectivity index (χ0v) is 18.8. The SMILES string of the molecule is CNc1nc(N)c2ncn([C@H]3C=C[C@@H](OCP(=O)([O-])[O-])O3)c2n1.[Na+].[Na+]. The normalized spacial score (nSPS) is 19.5. The van der Waals surface area contributed by atoms with Gasteiger partial charge in [-0.15, -0.1) is 0 Å². The Kier molecular flexibility index (Phi) is 8.51. The average Bonchev–Trinajstić information content (AvgIpc) is 3.10. The van der Waals surface area contributed by atoms with Crippen LogP contribution in [0.1, 0.15) is 6.23 Å². The molecular weight excluding hydrogens is 373 g/mol. The van der Waals surface area contributed by atoms with Crippen LogP contribution in [0.15, 0.2) is 18.5 Å². The van der Waals surface area contributed by atoms with E-state index in [0.717, 1.165) is 0 Å². The van der Waals surface area contributed by atoms with Crippen LogP contribution in [0.4, 0.5) is 11.8 Å². The molecule has 0 saturated heterocycles. The number of fused-ring (bicyclic) bond motifs is 1. The predicted octanol–water partition coefficient (Wildman–Crippen LogP) is -7.24.